The predicted molar refractivity (Wildman–Crippen MR) is 38.0 cm³/mol. The molecule has 2 N–H and O–H groups in total. The SMILES string of the molecule is CCCCC(O)(Cl)C(=O)O. The lowest BCUT2D eigenvalue weighted by molar-refractivity contribution is -0.150. The number of hydrogen-bond donors (Lipinski definition) is 2. The first-order chi connectivity index (χ1) is 4.50. The number of halogens is 1. The van der Waals surface area contributed by atoms with Gasteiger partial charge in [0.15, 0.2) is 0 Å². The van der Waals surface area contributed by atoms with Crippen LogP contribution in [0.5, 0.6) is 0 Å². The lowest BCUT2D eigenvalue weighted by Crippen LogP contribution is -2.31. The maximum absolute atomic E-state index is 10.1. The zero-order valence-corrected chi connectivity index (χ0v) is 6.56. The number of aliphatic hydroxyl groups is 1. The molecule has 4 heteroatoms. The van der Waals surface area contributed by atoms with Crippen LogP contribution in [0.4, 0.5) is 0 Å². The molecule has 0 aliphatic heterocycles. The first-order valence-electron chi connectivity index (χ1n) is 3.15. The molecule has 0 saturated heterocycles. The van der Waals surface area contributed by atoms with Crippen LogP contribution in [0.15, 0.2) is 0 Å². The minimum absolute atomic E-state index is 0.0976. The highest BCUT2D eigenvalue weighted by molar-refractivity contribution is 6.32. The summed E-state index contributed by atoms with van der Waals surface area (Å²) in [6.07, 6.45) is 1.54. The number of aliphatic carboxylic acids is 1. The third kappa shape index (κ3) is 3.03. The van der Waals surface area contributed by atoms with Crippen molar-refractivity contribution in [3.8, 4) is 0 Å². The fraction of sp³-hybridized carbons (Fsp3) is 0.833. The lowest BCUT2D eigenvalue weighted by atomic mass is 10.1. The van der Waals surface area contributed by atoms with Gasteiger partial charge in [-0.1, -0.05) is 24.9 Å². The normalized spacial score (nSPS) is 16.3. The second kappa shape index (κ2) is 3.78. The monoisotopic (exact) mass is 166 g/mol. The highest BCUT2D eigenvalue weighted by atomic mass is 35.5. The van der Waals surface area contributed by atoms with Crippen molar-refractivity contribution in [2.45, 2.75) is 31.2 Å². The average Bonchev–Trinajstić information content (AvgIpc) is 1.84. The van der Waals surface area contributed by atoms with Gasteiger partial charge in [-0.25, -0.2) is 4.79 Å². The van der Waals surface area contributed by atoms with Crippen LogP contribution in [-0.4, -0.2) is 21.2 Å². The maximum Gasteiger partial charge on any atom is 0.351 e. The highest BCUT2D eigenvalue weighted by Crippen LogP contribution is 2.18. The molecule has 0 fully saturated rings. The topological polar surface area (TPSA) is 57.5 Å². The number of hydrogen-bond acceptors (Lipinski definition) is 2. The van der Waals surface area contributed by atoms with Crippen molar-refractivity contribution in [3.05, 3.63) is 0 Å². The molecule has 10 heavy (non-hydrogen) atoms. The maximum atomic E-state index is 10.1. The van der Waals surface area contributed by atoms with Gasteiger partial charge < -0.3 is 10.2 Å². The van der Waals surface area contributed by atoms with Crippen molar-refractivity contribution in [2.24, 2.45) is 0 Å². The van der Waals surface area contributed by atoms with E-state index in [1.807, 2.05) is 6.92 Å². The van der Waals surface area contributed by atoms with Crippen molar-refractivity contribution in [1.29, 1.82) is 0 Å². The Morgan fingerprint density at radius 1 is 1.70 bits per heavy atom. The van der Waals surface area contributed by atoms with E-state index in [-0.39, 0.29) is 6.42 Å². The molecule has 0 aromatic rings. The van der Waals surface area contributed by atoms with Gasteiger partial charge in [-0.2, -0.15) is 0 Å². The first kappa shape index (κ1) is 9.72. The molecular formula is C6H11ClO3. The van der Waals surface area contributed by atoms with Crippen LogP contribution in [0.2, 0.25) is 0 Å². The fourth-order valence-corrected chi connectivity index (χ4v) is 0.652. The third-order valence-electron chi connectivity index (χ3n) is 1.19. The van der Waals surface area contributed by atoms with Crippen molar-refractivity contribution < 1.29 is 15.0 Å². The van der Waals surface area contributed by atoms with Gasteiger partial charge in [0.25, 0.3) is 0 Å². The Kier molecular flexibility index (Phi) is 3.68. The fourth-order valence-electron chi connectivity index (χ4n) is 0.518. The molecule has 3 nitrogen and oxygen atoms in total. The Labute approximate surface area is 64.6 Å². The summed E-state index contributed by atoms with van der Waals surface area (Å²) in [5.41, 5.74) is 0. The number of carboxylic acid groups (broad SMARTS) is 1. The standard InChI is InChI=1S/C6H11ClO3/c1-2-3-4-6(7,10)5(8)9/h10H,2-4H2,1H3,(H,8,9). The van der Waals surface area contributed by atoms with E-state index in [1.165, 1.54) is 0 Å². The molecule has 1 unspecified atom stereocenters. The number of unbranched alkanes of at least 4 members (excludes halogenated alkanes) is 1. The number of carbonyl (C=O) groups is 1. The van der Waals surface area contributed by atoms with Crippen LogP contribution in [0.1, 0.15) is 26.2 Å². The molecule has 0 aromatic heterocycles. The van der Waals surface area contributed by atoms with Crippen LogP contribution < -0.4 is 0 Å². The van der Waals surface area contributed by atoms with E-state index in [4.69, 9.17) is 21.8 Å². The lowest BCUT2D eigenvalue weighted by Gasteiger charge is -2.13. The summed E-state index contributed by atoms with van der Waals surface area (Å²) in [5, 5.41) is 15.1. The second-order valence-electron chi connectivity index (χ2n) is 2.17. The Balaban J connectivity index is 3.75. The molecule has 0 aliphatic carbocycles. The van der Waals surface area contributed by atoms with Gasteiger partial charge in [-0.15, -0.1) is 0 Å². The molecule has 0 amide bonds. The van der Waals surface area contributed by atoms with Crippen LogP contribution in [-0.2, 0) is 4.79 Å². The Hall–Kier alpha value is -0.280. The van der Waals surface area contributed by atoms with E-state index in [9.17, 15) is 4.79 Å². The Bertz CT molecular complexity index is 122. The Morgan fingerprint density at radius 3 is 2.50 bits per heavy atom. The average molecular weight is 167 g/mol. The summed E-state index contributed by atoms with van der Waals surface area (Å²) in [6, 6.07) is 0. The first-order valence-corrected chi connectivity index (χ1v) is 3.53. The molecule has 0 radical (unpaired) electrons. The summed E-state index contributed by atoms with van der Waals surface area (Å²) in [7, 11) is 0. The molecule has 0 spiro atoms. The van der Waals surface area contributed by atoms with Crippen molar-refractivity contribution in [3.63, 3.8) is 0 Å². The molecule has 0 rings (SSSR count). The smallest absolute Gasteiger partial charge is 0.351 e. The predicted octanol–water partition coefficient (Wildman–Crippen LogP) is 1.19. The molecule has 0 aliphatic rings. The highest BCUT2D eigenvalue weighted by Gasteiger charge is 2.31. The molecule has 1 atom stereocenters. The number of carboxylic acids is 1. The zero-order valence-electron chi connectivity index (χ0n) is 5.80. The third-order valence-corrected chi connectivity index (χ3v) is 1.54. The summed E-state index contributed by atoms with van der Waals surface area (Å²) in [5.74, 6) is -1.37. The van der Waals surface area contributed by atoms with Crippen molar-refractivity contribution >= 4 is 17.6 Å². The van der Waals surface area contributed by atoms with E-state index in [0.29, 0.717) is 6.42 Å². The molecule has 0 aromatic carbocycles. The second-order valence-corrected chi connectivity index (χ2v) is 2.79. The minimum atomic E-state index is -2.06. The van der Waals surface area contributed by atoms with Gasteiger partial charge >= 0.3 is 5.97 Å². The number of rotatable bonds is 4. The summed E-state index contributed by atoms with van der Waals surface area (Å²) in [4.78, 5) is 10.1. The largest absolute Gasteiger partial charge is 0.478 e. The van der Waals surface area contributed by atoms with E-state index in [2.05, 4.69) is 0 Å². The van der Waals surface area contributed by atoms with Gasteiger partial charge in [0.05, 0.1) is 0 Å². The molecule has 0 bridgehead atoms. The van der Waals surface area contributed by atoms with Gasteiger partial charge in [0.1, 0.15) is 0 Å². The van der Waals surface area contributed by atoms with Crippen LogP contribution in [0, 0.1) is 0 Å². The molecular weight excluding hydrogens is 156 g/mol. The summed E-state index contributed by atoms with van der Waals surface area (Å²) < 4.78 is 0. The molecule has 60 valence electrons. The van der Waals surface area contributed by atoms with E-state index < -0.39 is 11.0 Å². The van der Waals surface area contributed by atoms with Crippen LogP contribution in [0.3, 0.4) is 0 Å². The zero-order chi connectivity index (χ0) is 8.20. The number of alkyl halides is 1. The molecule has 0 saturated carbocycles. The van der Waals surface area contributed by atoms with Gasteiger partial charge in [-0.05, 0) is 6.42 Å². The van der Waals surface area contributed by atoms with E-state index >= 15 is 0 Å². The minimum Gasteiger partial charge on any atom is -0.478 e. The van der Waals surface area contributed by atoms with Crippen molar-refractivity contribution in [2.75, 3.05) is 0 Å². The van der Waals surface area contributed by atoms with Crippen LogP contribution in [0.25, 0.3) is 0 Å². The summed E-state index contributed by atoms with van der Waals surface area (Å²) >= 11 is 5.21. The Morgan fingerprint density at radius 2 is 2.20 bits per heavy atom. The van der Waals surface area contributed by atoms with Gasteiger partial charge in [-0.3, -0.25) is 0 Å². The quantitative estimate of drug-likeness (QED) is 0.617. The van der Waals surface area contributed by atoms with Gasteiger partial charge in [0.2, 0.25) is 5.06 Å². The van der Waals surface area contributed by atoms with Crippen molar-refractivity contribution in [1.82, 2.24) is 0 Å². The molecule has 0 heterocycles. The van der Waals surface area contributed by atoms with E-state index in [0.717, 1.165) is 6.42 Å². The van der Waals surface area contributed by atoms with Gasteiger partial charge in [0, 0.05) is 6.42 Å². The van der Waals surface area contributed by atoms with E-state index in [1.54, 1.807) is 0 Å². The summed E-state index contributed by atoms with van der Waals surface area (Å²) in [6.45, 7) is 1.90. The van der Waals surface area contributed by atoms with Crippen LogP contribution >= 0.6 is 11.6 Å².